The number of hydrogen-bond acceptors (Lipinski definition) is 4. The molecule has 2 aromatic carbocycles. The van der Waals surface area contributed by atoms with E-state index in [9.17, 15) is 0 Å². The zero-order chi connectivity index (χ0) is 24.5. The van der Waals surface area contributed by atoms with Gasteiger partial charge in [-0.1, -0.05) is 68.5 Å². The third-order valence-corrected chi connectivity index (χ3v) is 9.66. The molecule has 3 atom stereocenters. The van der Waals surface area contributed by atoms with Crippen molar-refractivity contribution in [3.63, 3.8) is 0 Å². The van der Waals surface area contributed by atoms with E-state index < -0.39 is 13.8 Å². The monoisotopic (exact) mass is 491 g/mol. The van der Waals surface area contributed by atoms with Gasteiger partial charge < -0.3 is 14.0 Å². The van der Waals surface area contributed by atoms with Gasteiger partial charge in [-0.25, -0.2) is 4.98 Å². The number of fused-ring (bicyclic) bond motifs is 3. The van der Waals surface area contributed by atoms with Crippen LogP contribution in [-0.4, -0.2) is 48.3 Å². The summed E-state index contributed by atoms with van der Waals surface area (Å²) >= 11 is 0. The average molecular weight is 492 g/mol. The van der Waals surface area contributed by atoms with Crippen molar-refractivity contribution in [2.24, 2.45) is 0 Å². The Morgan fingerprint density at radius 2 is 1.63 bits per heavy atom. The van der Waals surface area contributed by atoms with Gasteiger partial charge in [-0.15, -0.1) is 0 Å². The SMILES string of the molecule is COC(Cc1ccccc1)(c1nc2ccccc2n1COCC[Si](C)(C)C)N1C2CCCC1CC2. The van der Waals surface area contributed by atoms with Crippen molar-refractivity contribution < 1.29 is 9.47 Å². The first-order valence-corrected chi connectivity index (χ1v) is 17.0. The van der Waals surface area contributed by atoms with Crippen LogP contribution in [-0.2, 0) is 28.4 Å². The Morgan fingerprint density at radius 3 is 2.31 bits per heavy atom. The molecule has 3 heterocycles. The molecule has 5 rings (SSSR count). The molecule has 6 heteroatoms. The summed E-state index contributed by atoms with van der Waals surface area (Å²) in [5.41, 5.74) is 2.77. The highest BCUT2D eigenvalue weighted by Gasteiger charge is 2.52. The average Bonchev–Trinajstić information content (AvgIpc) is 3.35. The van der Waals surface area contributed by atoms with Gasteiger partial charge in [-0.05, 0) is 49.4 Å². The van der Waals surface area contributed by atoms with Crippen molar-refractivity contribution in [2.45, 2.75) is 88.7 Å². The molecule has 188 valence electrons. The van der Waals surface area contributed by atoms with Crippen molar-refractivity contribution in [1.82, 2.24) is 14.5 Å². The first-order chi connectivity index (χ1) is 16.9. The van der Waals surface area contributed by atoms with E-state index in [2.05, 4.69) is 83.7 Å². The maximum Gasteiger partial charge on any atom is 0.184 e. The molecule has 3 unspecified atom stereocenters. The number of benzene rings is 2. The van der Waals surface area contributed by atoms with E-state index in [-0.39, 0.29) is 0 Å². The maximum absolute atomic E-state index is 6.67. The van der Waals surface area contributed by atoms with Gasteiger partial charge >= 0.3 is 0 Å². The van der Waals surface area contributed by atoms with Gasteiger partial charge in [0.05, 0.1) is 11.0 Å². The number of rotatable bonds is 10. The number of hydrogen-bond donors (Lipinski definition) is 0. The molecule has 0 N–H and O–H groups in total. The van der Waals surface area contributed by atoms with Crippen LogP contribution in [0, 0.1) is 0 Å². The Bertz CT molecular complexity index is 1110. The number of methoxy groups -OCH3 is 1. The fourth-order valence-corrected chi connectivity index (χ4v) is 6.93. The van der Waals surface area contributed by atoms with Crippen LogP contribution >= 0.6 is 0 Å². The second kappa shape index (κ2) is 10.2. The molecule has 2 aliphatic heterocycles. The Morgan fingerprint density at radius 1 is 0.943 bits per heavy atom. The molecular weight excluding hydrogens is 450 g/mol. The quantitative estimate of drug-likeness (QED) is 0.243. The fraction of sp³-hybridized carbons (Fsp3) is 0.552. The summed E-state index contributed by atoms with van der Waals surface area (Å²) in [4.78, 5) is 7.97. The zero-order valence-corrected chi connectivity index (χ0v) is 22.9. The summed E-state index contributed by atoms with van der Waals surface area (Å²) in [6.45, 7) is 8.49. The van der Waals surface area contributed by atoms with Crippen LogP contribution in [0.1, 0.15) is 43.5 Å². The predicted octanol–water partition coefficient (Wildman–Crippen LogP) is 6.41. The van der Waals surface area contributed by atoms with Crippen LogP contribution in [0.2, 0.25) is 25.7 Å². The highest BCUT2D eigenvalue weighted by atomic mass is 28.3. The lowest BCUT2D eigenvalue weighted by Crippen LogP contribution is -2.57. The van der Waals surface area contributed by atoms with Crippen molar-refractivity contribution in [3.8, 4) is 0 Å². The number of para-hydroxylation sites is 2. The minimum Gasteiger partial charge on any atom is -0.361 e. The van der Waals surface area contributed by atoms with Gasteiger partial charge in [0.1, 0.15) is 6.73 Å². The molecule has 5 nitrogen and oxygen atoms in total. The summed E-state index contributed by atoms with van der Waals surface area (Å²) in [6, 6.07) is 21.5. The molecule has 0 aliphatic carbocycles. The number of ether oxygens (including phenoxy) is 2. The molecule has 0 radical (unpaired) electrons. The molecular formula is C29H41N3O2Si. The lowest BCUT2D eigenvalue weighted by molar-refractivity contribution is -0.182. The first kappa shape index (κ1) is 24.7. The Balaban J connectivity index is 1.60. The number of imidazole rings is 1. The third-order valence-electron chi connectivity index (χ3n) is 7.96. The topological polar surface area (TPSA) is 39.5 Å². The van der Waals surface area contributed by atoms with Gasteiger partial charge in [-0.3, -0.25) is 4.90 Å². The smallest absolute Gasteiger partial charge is 0.184 e. The lowest BCUT2D eigenvalue weighted by atomic mass is 9.92. The van der Waals surface area contributed by atoms with Crippen LogP contribution in [0.5, 0.6) is 0 Å². The van der Waals surface area contributed by atoms with Gasteiger partial charge in [0.2, 0.25) is 0 Å². The van der Waals surface area contributed by atoms with Crippen LogP contribution < -0.4 is 0 Å². The summed E-state index contributed by atoms with van der Waals surface area (Å²) in [5, 5.41) is 0. The van der Waals surface area contributed by atoms with E-state index in [1.54, 1.807) is 0 Å². The second-order valence-electron chi connectivity index (χ2n) is 11.6. The molecule has 0 amide bonds. The normalized spacial score (nSPS) is 22.5. The highest BCUT2D eigenvalue weighted by molar-refractivity contribution is 6.76. The second-order valence-corrected chi connectivity index (χ2v) is 17.2. The van der Waals surface area contributed by atoms with Crippen molar-refractivity contribution in [1.29, 1.82) is 0 Å². The van der Waals surface area contributed by atoms with Gasteiger partial charge in [0.25, 0.3) is 0 Å². The van der Waals surface area contributed by atoms with E-state index >= 15 is 0 Å². The first-order valence-electron chi connectivity index (χ1n) is 13.3. The van der Waals surface area contributed by atoms with E-state index in [0.29, 0.717) is 18.8 Å². The van der Waals surface area contributed by atoms with Crippen LogP contribution in [0.3, 0.4) is 0 Å². The van der Waals surface area contributed by atoms with Crippen LogP contribution in [0.25, 0.3) is 11.0 Å². The summed E-state index contributed by atoms with van der Waals surface area (Å²) < 4.78 is 15.3. The largest absolute Gasteiger partial charge is 0.361 e. The molecule has 2 saturated heterocycles. The van der Waals surface area contributed by atoms with Crippen LogP contribution in [0.4, 0.5) is 0 Å². The van der Waals surface area contributed by atoms with Gasteiger partial charge in [0.15, 0.2) is 11.5 Å². The van der Waals surface area contributed by atoms with E-state index in [4.69, 9.17) is 14.5 Å². The lowest BCUT2D eigenvalue weighted by Gasteiger charge is -2.48. The molecule has 35 heavy (non-hydrogen) atoms. The standard InChI is InChI=1S/C29H41N3O2Si/c1-33-29(21-23-11-6-5-7-12-23,32-24-13-10-14-25(32)18-17-24)28-30-26-15-8-9-16-27(26)31(28)22-34-19-20-35(2,3)4/h5-9,11-12,15-16,24-25H,10,13-14,17-22H2,1-4H3. The molecule has 0 saturated carbocycles. The Labute approximate surface area is 211 Å². The minimum absolute atomic E-state index is 0.503. The molecule has 2 aliphatic rings. The fourth-order valence-electron chi connectivity index (χ4n) is 6.17. The van der Waals surface area contributed by atoms with Crippen molar-refractivity contribution in [2.75, 3.05) is 13.7 Å². The zero-order valence-electron chi connectivity index (χ0n) is 21.9. The summed E-state index contributed by atoms with van der Waals surface area (Å²) in [5.74, 6) is 0.983. The van der Waals surface area contributed by atoms with Crippen molar-refractivity contribution in [3.05, 3.63) is 66.0 Å². The molecule has 3 aromatic rings. The van der Waals surface area contributed by atoms with Gasteiger partial charge in [0, 0.05) is 40.3 Å². The number of aromatic nitrogens is 2. The molecule has 2 fully saturated rings. The molecule has 2 bridgehead atoms. The highest BCUT2D eigenvalue weighted by Crippen LogP contribution is 2.47. The predicted molar refractivity (Wildman–Crippen MR) is 145 cm³/mol. The molecule has 0 spiro atoms. The minimum atomic E-state index is -1.16. The van der Waals surface area contributed by atoms with E-state index in [0.717, 1.165) is 35.9 Å². The Kier molecular flexibility index (Phi) is 7.17. The van der Waals surface area contributed by atoms with Gasteiger partial charge in [-0.2, -0.15) is 0 Å². The van der Waals surface area contributed by atoms with E-state index in [1.807, 2.05) is 7.11 Å². The molecule has 1 aromatic heterocycles. The van der Waals surface area contributed by atoms with E-state index in [1.165, 1.54) is 37.7 Å². The summed E-state index contributed by atoms with van der Waals surface area (Å²) in [7, 11) is 0.721. The van der Waals surface area contributed by atoms with Crippen molar-refractivity contribution >= 4 is 19.1 Å². The Hall–Kier alpha value is -1.99. The number of piperidine rings is 1. The maximum atomic E-state index is 6.67. The van der Waals surface area contributed by atoms with Crippen LogP contribution in [0.15, 0.2) is 54.6 Å². The third kappa shape index (κ3) is 4.99. The number of nitrogens with zero attached hydrogens (tertiary/aromatic N) is 3. The summed E-state index contributed by atoms with van der Waals surface area (Å²) in [6.07, 6.45) is 7.06.